The van der Waals surface area contributed by atoms with Gasteiger partial charge in [0.1, 0.15) is 18.6 Å². The Balaban J connectivity index is 2.23. The zero-order chi connectivity index (χ0) is 15.4. The van der Waals surface area contributed by atoms with Gasteiger partial charge in [0.2, 0.25) is 0 Å². The minimum absolute atomic E-state index is 0.102. The number of carbonyl (C=O) groups excluding carboxylic acids is 1. The van der Waals surface area contributed by atoms with E-state index in [0.717, 1.165) is 17.4 Å². The van der Waals surface area contributed by atoms with Crippen molar-refractivity contribution < 1.29 is 18.7 Å². The van der Waals surface area contributed by atoms with Crippen molar-refractivity contribution in [3.05, 3.63) is 58.4 Å². The summed E-state index contributed by atoms with van der Waals surface area (Å²) in [5.41, 5.74) is 2.72. The van der Waals surface area contributed by atoms with Crippen molar-refractivity contribution in [1.82, 2.24) is 0 Å². The molecular formula is C17H17FO3. The fourth-order valence-corrected chi connectivity index (χ4v) is 2.25. The number of carbonyl (C=O) groups is 1. The molecule has 0 aromatic heterocycles. The second kappa shape index (κ2) is 6.39. The van der Waals surface area contributed by atoms with Crippen LogP contribution in [0.2, 0.25) is 0 Å². The summed E-state index contributed by atoms with van der Waals surface area (Å²) in [5.74, 6) is 0.448. The van der Waals surface area contributed by atoms with Crippen molar-refractivity contribution in [2.24, 2.45) is 0 Å². The second-order valence-corrected chi connectivity index (χ2v) is 4.82. The standard InChI is InChI=1S/C17H17FO3/c1-11-7-13(9-19)8-12(2)17(11)21-10-14-5-4-6-15(20-3)16(14)18/h4-9H,10H2,1-3H3. The third-order valence-electron chi connectivity index (χ3n) is 3.25. The summed E-state index contributed by atoms with van der Waals surface area (Å²) in [6.07, 6.45) is 0.797. The summed E-state index contributed by atoms with van der Waals surface area (Å²) in [6, 6.07) is 8.43. The van der Waals surface area contributed by atoms with Gasteiger partial charge in [0.05, 0.1) is 7.11 Å². The highest BCUT2D eigenvalue weighted by molar-refractivity contribution is 5.76. The molecule has 0 unspecified atom stereocenters. The van der Waals surface area contributed by atoms with E-state index >= 15 is 0 Å². The van der Waals surface area contributed by atoms with Crippen LogP contribution in [0.15, 0.2) is 30.3 Å². The number of ether oxygens (including phenoxy) is 2. The number of rotatable bonds is 5. The fourth-order valence-electron chi connectivity index (χ4n) is 2.25. The molecule has 0 atom stereocenters. The fraction of sp³-hybridized carbons (Fsp3) is 0.235. The number of benzene rings is 2. The molecular weight excluding hydrogens is 271 g/mol. The van der Waals surface area contributed by atoms with E-state index in [1.165, 1.54) is 7.11 Å². The van der Waals surface area contributed by atoms with Gasteiger partial charge < -0.3 is 9.47 Å². The smallest absolute Gasteiger partial charge is 0.171 e. The van der Waals surface area contributed by atoms with E-state index in [2.05, 4.69) is 0 Å². The molecule has 3 nitrogen and oxygen atoms in total. The van der Waals surface area contributed by atoms with Crippen LogP contribution in [0.4, 0.5) is 4.39 Å². The van der Waals surface area contributed by atoms with E-state index in [9.17, 15) is 9.18 Å². The lowest BCUT2D eigenvalue weighted by atomic mass is 10.1. The van der Waals surface area contributed by atoms with Gasteiger partial charge in [-0.3, -0.25) is 4.79 Å². The van der Waals surface area contributed by atoms with Crippen LogP contribution in [-0.2, 0) is 6.61 Å². The SMILES string of the molecule is COc1cccc(COc2c(C)cc(C=O)cc2C)c1F. The Morgan fingerprint density at radius 2 is 1.86 bits per heavy atom. The highest BCUT2D eigenvalue weighted by Gasteiger charge is 2.11. The second-order valence-electron chi connectivity index (χ2n) is 4.82. The molecule has 0 N–H and O–H groups in total. The molecule has 0 aliphatic heterocycles. The Bertz CT molecular complexity index is 642. The minimum Gasteiger partial charge on any atom is -0.494 e. The quantitative estimate of drug-likeness (QED) is 0.784. The number of halogens is 1. The third-order valence-corrected chi connectivity index (χ3v) is 3.25. The Kier molecular flexibility index (Phi) is 4.58. The first-order valence-electron chi connectivity index (χ1n) is 6.57. The van der Waals surface area contributed by atoms with Gasteiger partial charge in [-0.1, -0.05) is 12.1 Å². The predicted octanol–water partition coefficient (Wildman–Crippen LogP) is 3.84. The summed E-state index contributed by atoms with van der Waals surface area (Å²) in [7, 11) is 1.43. The van der Waals surface area contributed by atoms with Crippen molar-refractivity contribution in [1.29, 1.82) is 0 Å². The molecule has 21 heavy (non-hydrogen) atoms. The normalized spacial score (nSPS) is 10.3. The highest BCUT2D eigenvalue weighted by Crippen LogP contribution is 2.27. The molecule has 0 heterocycles. The lowest BCUT2D eigenvalue weighted by Crippen LogP contribution is -2.03. The number of methoxy groups -OCH3 is 1. The van der Waals surface area contributed by atoms with Crippen LogP contribution >= 0.6 is 0 Å². The van der Waals surface area contributed by atoms with E-state index in [4.69, 9.17) is 9.47 Å². The number of hydrogen-bond acceptors (Lipinski definition) is 3. The molecule has 0 spiro atoms. The van der Waals surface area contributed by atoms with Gasteiger partial charge in [0.15, 0.2) is 11.6 Å². The van der Waals surface area contributed by atoms with Crippen molar-refractivity contribution >= 4 is 6.29 Å². The maximum Gasteiger partial charge on any atom is 0.171 e. The molecule has 2 aromatic carbocycles. The molecule has 0 amide bonds. The summed E-state index contributed by atoms with van der Waals surface area (Å²) in [6.45, 7) is 3.82. The third kappa shape index (κ3) is 3.21. The number of aryl methyl sites for hydroxylation is 2. The summed E-state index contributed by atoms with van der Waals surface area (Å²) >= 11 is 0. The monoisotopic (exact) mass is 288 g/mol. The first-order valence-corrected chi connectivity index (χ1v) is 6.57. The molecule has 0 aliphatic carbocycles. The van der Waals surface area contributed by atoms with E-state index < -0.39 is 5.82 Å². The number of hydrogen-bond donors (Lipinski definition) is 0. The summed E-state index contributed by atoms with van der Waals surface area (Å²) in [4.78, 5) is 10.8. The van der Waals surface area contributed by atoms with Gasteiger partial charge in [-0.25, -0.2) is 4.39 Å². The van der Waals surface area contributed by atoms with Crippen LogP contribution in [0, 0.1) is 19.7 Å². The van der Waals surface area contributed by atoms with Crippen molar-refractivity contribution in [2.45, 2.75) is 20.5 Å². The van der Waals surface area contributed by atoms with Gasteiger partial charge >= 0.3 is 0 Å². The van der Waals surface area contributed by atoms with Gasteiger partial charge in [0.25, 0.3) is 0 Å². The Labute approximate surface area is 123 Å². The van der Waals surface area contributed by atoms with Crippen LogP contribution in [-0.4, -0.2) is 13.4 Å². The van der Waals surface area contributed by atoms with Crippen LogP contribution in [0.5, 0.6) is 11.5 Å². The zero-order valence-electron chi connectivity index (χ0n) is 12.3. The molecule has 0 aliphatic rings. The maximum absolute atomic E-state index is 14.0. The molecule has 2 rings (SSSR count). The molecule has 4 heteroatoms. The topological polar surface area (TPSA) is 35.5 Å². The van der Waals surface area contributed by atoms with Crippen molar-refractivity contribution in [3.63, 3.8) is 0 Å². The highest BCUT2D eigenvalue weighted by atomic mass is 19.1. The molecule has 0 fully saturated rings. The van der Waals surface area contributed by atoms with E-state index in [-0.39, 0.29) is 12.4 Å². The van der Waals surface area contributed by atoms with Gasteiger partial charge in [0, 0.05) is 11.1 Å². The van der Waals surface area contributed by atoms with Crippen LogP contribution < -0.4 is 9.47 Å². The summed E-state index contributed by atoms with van der Waals surface area (Å²) < 4.78 is 24.7. The van der Waals surface area contributed by atoms with Gasteiger partial charge in [-0.05, 0) is 43.2 Å². The zero-order valence-corrected chi connectivity index (χ0v) is 12.3. The lowest BCUT2D eigenvalue weighted by molar-refractivity contribution is 0.112. The van der Waals surface area contributed by atoms with Gasteiger partial charge in [-0.2, -0.15) is 0 Å². The molecule has 2 aromatic rings. The Morgan fingerprint density at radius 1 is 1.19 bits per heavy atom. The van der Waals surface area contributed by atoms with E-state index in [1.54, 1.807) is 30.3 Å². The van der Waals surface area contributed by atoms with Crippen LogP contribution in [0.3, 0.4) is 0 Å². The van der Waals surface area contributed by atoms with Crippen LogP contribution in [0.25, 0.3) is 0 Å². The molecule has 0 bridgehead atoms. The Hall–Kier alpha value is -2.36. The molecule has 0 saturated heterocycles. The summed E-state index contributed by atoms with van der Waals surface area (Å²) in [5, 5.41) is 0. The maximum atomic E-state index is 14.0. The first kappa shape index (κ1) is 15.0. The van der Waals surface area contributed by atoms with E-state index in [1.807, 2.05) is 13.8 Å². The Morgan fingerprint density at radius 3 is 2.43 bits per heavy atom. The van der Waals surface area contributed by atoms with Crippen molar-refractivity contribution in [2.75, 3.05) is 7.11 Å². The predicted molar refractivity (Wildman–Crippen MR) is 78.6 cm³/mol. The molecule has 0 radical (unpaired) electrons. The first-order chi connectivity index (χ1) is 10.1. The van der Waals surface area contributed by atoms with Crippen LogP contribution in [0.1, 0.15) is 27.0 Å². The average Bonchev–Trinajstić information content (AvgIpc) is 2.47. The van der Waals surface area contributed by atoms with Crippen molar-refractivity contribution in [3.8, 4) is 11.5 Å². The molecule has 0 saturated carbocycles. The van der Waals surface area contributed by atoms with E-state index in [0.29, 0.717) is 16.9 Å². The average molecular weight is 288 g/mol. The van der Waals surface area contributed by atoms with Gasteiger partial charge in [-0.15, -0.1) is 0 Å². The largest absolute Gasteiger partial charge is 0.494 e. The molecule has 110 valence electrons. The minimum atomic E-state index is -0.417. The lowest BCUT2D eigenvalue weighted by Gasteiger charge is -2.14. The number of aldehydes is 1.